The average molecular weight is 372 g/mol. The highest BCUT2D eigenvalue weighted by Crippen LogP contribution is 2.17. The molecule has 0 bridgehead atoms. The zero-order valence-corrected chi connectivity index (χ0v) is 14.2. The summed E-state index contributed by atoms with van der Waals surface area (Å²) < 4.78 is 0.893. The van der Waals surface area contributed by atoms with Gasteiger partial charge in [-0.3, -0.25) is 4.79 Å². The quantitative estimate of drug-likeness (QED) is 0.737. The van der Waals surface area contributed by atoms with Crippen molar-refractivity contribution >= 4 is 51.0 Å². The fourth-order valence-electron chi connectivity index (χ4n) is 2.16. The van der Waals surface area contributed by atoms with E-state index < -0.39 is 0 Å². The van der Waals surface area contributed by atoms with Gasteiger partial charge in [0.05, 0.1) is 11.2 Å². The van der Waals surface area contributed by atoms with Crippen LogP contribution in [0.15, 0.2) is 28.9 Å². The molecular weight excluding hydrogens is 358 g/mol. The highest BCUT2D eigenvalue weighted by Gasteiger charge is 2.03. The number of aromatic amines is 1. The van der Waals surface area contributed by atoms with Crippen molar-refractivity contribution in [2.75, 3.05) is 5.32 Å². The lowest BCUT2D eigenvalue weighted by Gasteiger charge is -2.04. The Morgan fingerprint density at radius 1 is 1.26 bits per heavy atom. The van der Waals surface area contributed by atoms with E-state index in [9.17, 15) is 4.79 Å². The number of carbonyl (C=O) groups is 1. The molecule has 0 aliphatic heterocycles. The van der Waals surface area contributed by atoms with Crippen LogP contribution in [0.2, 0.25) is 0 Å². The first-order chi connectivity index (χ1) is 11.0. The Kier molecular flexibility index (Phi) is 4.20. The Morgan fingerprint density at radius 2 is 2.09 bits per heavy atom. The fraction of sp³-hybridized carbons (Fsp3) is 0.125. The van der Waals surface area contributed by atoms with Gasteiger partial charge in [-0.25, -0.2) is 15.0 Å². The maximum absolute atomic E-state index is 11.1. The molecule has 3 heterocycles. The molecule has 7 heteroatoms. The zero-order valence-electron chi connectivity index (χ0n) is 12.6. The number of H-pyrrole nitrogens is 1. The summed E-state index contributed by atoms with van der Waals surface area (Å²) in [6.07, 6.45) is 5.37. The number of imidazole rings is 1. The summed E-state index contributed by atoms with van der Waals surface area (Å²) in [5.41, 5.74) is 3.26. The Balaban J connectivity index is 1.88. The first-order valence-electron chi connectivity index (χ1n) is 6.95. The molecule has 116 valence electrons. The SMILES string of the molecule is CC(=O)Nc1cc(C)cc(/C=C/c2nc3ncc(Br)cc3[nH]2)n1. The van der Waals surface area contributed by atoms with E-state index in [1.54, 1.807) is 6.20 Å². The standard InChI is InChI=1S/C16H14BrN5O/c1-9-5-12(20-15(6-9)19-10(2)23)3-4-14-21-13-7-11(17)8-18-16(13)22-14/h3-8H,1-2H3,(H,18,21,22)(H,19,20,23)/b4-3+. The summed E-state index contributed by atoms with van der Waals surface area (Å²) in [7, 11) is 0. The Labute approximate surface area is 141 Å². The number of pyridine rings is 2. The van der Waals surface area contributed by atoms with Crippen LogP contribution >= 0.6 is 15.9 Å². The summed E-state index contributed by atoms with van der Waals surface area (Å²) in [6, 6.07) is 5.67. The number of amides is 1. The largest absolute Gasteiger partial charge is 0.337 e. The number of carbonyl (C=O) groups excluding carboxylic acids is 1. The van der Waals surface area contributed by atoms with Gasteiger partial charge in [-0.2, -0.15) is 0 Å². The molecule has 1 amide bonds. The molecule has 23 heavy (non-hydrogen) atoms. The van der Waals surface area contributed by atoms with E-state index in [1.165, 1.54) is 6.92 Å². The molecule has 0 atom stereocenters. The minimum atomic E-state index is -0.146. The molecule has 3 rings (SSSR count). The number of anilines is 1. The maximum atomic E-state index is 11.1. The molecule has 0 fully saturated rings. The van der Waals surface area contributed by atoms with Gasteiger partial charge >= 0.3 is 0 Å². The normalized spacial score (nSPS) is 11.3. The van der Waals surface area contributed by atoms with Crippen LogP contribution in [0.25, 0.3) is 23.3 Å². The van der Waals surface area contributed by atoms with Crippen molar-refractivity contribution in [3.05, 3.63) is 46.0 Å². The Morgan fingerprint density at radius 3 is 2.87 bits per heavy atom. The maximum Gasteiger partial charge on any atom is 0.222 e. The van der Waals surface area contributed by atoms with Crippen molar-refractivity contribution in [1.29, 1.82) is 0 Å². The number of aromatic nitrogens is 4. The Bertz CT molecular complexity index is 916. The van der Waals surface area contributed by atoms with E-state index in [1.807, 2.05) is 37.3 Å². The van der Waals surface area contributed by atoms with Crippen LogP contribution in [0.4, 0.5) is 5.82 Å². The summed E-state index contributed by atoms with van der Waals surface area (Å²) in [5.74, 6) is 1.08. The fourth-order valence-corrected chi connectivity index (χ4v) is 2.49. The predicted molar refractivity (Wildman–Crippen MR) is 93.8 cm³/mol. The summed E-state index contributed by atoms with van der Waals surface area (Å²) in [4.78, 5) is 27.3. The lowest BCUT2D eigenvalue weighted by atomic mass is 10.2. The minimum Gasteiger partial charge on any atom is -0.337 e. The number of rotatable bonds is 3. The number of nitrogens with one attached hydrogen (secondary N) is 2. The van der Waals surface area contributed by atoms with Crippen molar-refractivity contribution in [1.82, 2.24) is 19.9 Å². The molecule has 3 aromatic rings. The van der Waals surface area contributed by atoms with Crippen molar-refractivity contribution in [3.63, 3.8) is 0 Å². The average Bonchev–Trinajstić information content (AvgIpc) is 2.85. The third kappa shape index (κ3) is 3.81. The molecule has 0 saturated carbocycles. The van der Waals surface area contributed by atoms with E-state index in [2.05, 4.69) is 41.2 Å². The third-order valence-corrected chi connectivity index (χ3v) is 3.46. The topological polar surface area (TPSA) is 83.6 Å². The molecular formula is C16H14BrN5O. The molecule has 0 aliphatic carbocycles. The lowest BCUT2D eigenvalue weighted by Crippen LogP contribution is -2.08. The highest BCUT2D eigenvalue weighted by molar-refractivity contribution is 9.10. The van der Waals surface area contributed by atoms with Gasteiger partial charge in [0.25, 0.3) is 0 Å². The van der Waals surface area contributed by atoms with Crippen molar-refractivity contribution < 1.29 is 4.79 Å². The summed E-state index contributed by atoms with van der Waals surface area (Å²) in [5, 5.41) is 2.69. The smallest absolute Gasteiger partial charge is 0.222 e. The van der Waals surface area contributed by atoms with Gasteiger partial charge < -0.3 is 10.3 Å². The molecule has 3 aromatic heterocycles. The van der Waals surface area contributed by atoms with E-state index in [0.29, 0.717) is 17.3 Å². The van der Waals surface area contributed by atoms with Gasteiger partial charge in [-0.1, -0.05) is 0 Å². The molecule has 0 unspecified atom stereocenters. The van der Waals surface area contributed by atoms with Gasteiger partial charge in [0.2, 0.25) is 5.91 Å². The molecule has 0 radical (unpaired) electrons. The minimum absolute atomic E-state index is 0.146. The Hall–Kier alpha value is -2.54. The molecule has 6 nitrogen and oxygen atoms in total. The lowest BCUT2D eigenvalue weighted by molar-refractivity contribution is -0.114. The van der Waals surface area contributed by atoms with Gasteiger partial charge in [0, 0.05) is 17.6 Å². The second-order valence-electron chi connectivity index (χ2n) is 5.12. The van der Waals surface area contributed by atoms with Crippen LogP contribution in [0, 0.1) is 6.92 Å². The van der Waals surface area contributed by atoms with Crippen LogP contribution in [0.5, 0.6) is 0 Å². The van der Waals surface area contributed by atoms with E-state index >= 15 is 0 Å². The first kappa shape index (κ1) is 15.4. The molecule has 0 spiro atoms. The number of aryl methyl sites for hydroxylation is 1. The highest BCUT2D eigenvalue weighted by atomic mass is 79.9. The molecule has 0 aromatic carbocycles. The van der Waals surface area contributed by atoms with Crippen LogP contribution in [-0.4, -0.2) is 25.8 Å². The van der Waals surface area contributed by atoms with Crippen molar-refractivity contribution in [2.24, 2.45) is 0 Å². The molecule has 0 aliphatic rings. The van der Waals surface area contributed by atoms with Crippen molar-refractivity contribution in [3.8, 4) is 0 Å². The van der Waals surface area contributed by atoms with Gasteiger partial charge in [-0.05, 0) is 58.8 Å². The van der Waals surface area contributed by atoms with Gasteiger partial charge in [0.15, 0.2) is 5.65 Å². The van der Waals surface area contributed by atoms with Crippen LogP contribution < -0.4 is 5.32 Å². The van der Waals surface area contributed by atoms with E-state index in [4.69, 9.17) is 0 Å². The van der Waals surface area contributed by atoms with Gasteiger partial charge in [-0.15, -0.1) is 0 Å². The molecule has 2 N–H and O–H groups in total. The number of hydrogen-bond donors (Lipinski definition) is 2. The van der Waals surface area contributed by atoms with E-state index in [-0.39, 0.29) is 5.91 Å². The van der Waals surface area contributed by atoms with Crippen LogP contribution in [0.3, 0.4) is 0 Å². The second-order valence-corrected chi connectivity index (χ2v) is 6.03. The monoisotopic (exact) mass is 371 g/mol. The second kappa shape index (κ2) is 6.29. The number of halogens is 1. The van der Waals surface area contributed by atoms with Crippen molar-refractivity contribution in [2.45, 2.75) is 13.8 Å². The third-order valence-electron chi connectivity index (χ3n) is 3.03. The zero-order chi connectivity index (χ0) is 16.4. The van der Waals surface area contributed by atoms with Crippen LogP contribution in [-0.2, 0) is 4.79 Å². The van der Waals surface area contributed by atoms with E-state index in [0.717, 1.165) is 21.2 Å². The van der Waals surface area contributed by atoms with Crippen LogP contribution in [0.1, 0.15) is 24.0 Å². The number of hydrogen-bond acceptors (Lipinski definition) is 4. The summed E-state index contributed by atoms with van der Waals surface area (Å²) in [6.45, 7) is 3.41. The first-order valence-corrected chi connectivity index (χ1v) is 7.74. The van der Waals surface area contributed by atoms with Gasteiger partial charge in [0.1, 0.15) is 11.6 Å². The molecule has 0 saturated heterocycles. The number of fused-ring (bicyclic) bond motifs is 1. The predicted octanol–water partition coefficient (Wildman–Crippen LogP) is 3.55. The summed E-state index contributed by atoms with van der Waals surface area (Å²) >= 11 is 3.38. The number of nitrogens with zero attached hydrogens (tertiary/aromatic N) is 3.